The van der Waals surface area contributed by atoms with Gasteiger partial charge in [0.15, 0.2) is 11.5 Å². The highest BCUT2D eigenvalue weighted by molar-refractivity contribution is 5.71. The van der Waals surface area contributed by atoms with E-state index < -0.39 is 16.3 Å². The van der Waals surface area contributed by atoms with Gasteiger partial charge < -0.3 is 58.5 Å². The highest BCUT2D eigenvalue weighted by atomic mass is 16.6. The zero-order valence-electron chi connectivity index (χ0n) is 24.2. The van der Waals surface area contributed by atoms with E-state index >= 15 is 0 Å². The van der Waals surface area contributed by atoms with E-state index in [0.29, 0.717) is 5.56 Å². The summed E-state index contributed by atoms with van der Waals surface area (Å²) in [6.07, 6.45) is 0. The number of carbonyl (C=O) groups is 1. The summed E-state index contributed by atoms with van der Waals surface area (Å²) >= 11 is 0. The van der Waals surface area contributed by atoms with E-state index in [9.17, 15) is 14.9 Å². The number of aliphatic hydroxyl groups is 3. The number of hydrogen-bond donors (Lipinski definition) is 4. The van der Waals surface area contributed by atoms with Crippen molar-refractivity contribution in [2.45, 2.75) is 6.54 Å². The number of nitro benzene ring substituents is 1. The van der Waals surface area contributed by atoms with Gasteiger partial charge in [-0.25, -0.2) is 0 Å². The summed E-state index contributed by atoms with van der Waals surface area (Å²) in [5.41, 5.74) is -0.632. The molecule has 1 aromatic rings. The van der Waals surface area contributed by atoms with Gasteiger partial charge in [-0.1, -0.05) is 0 Å². The van der Waals surface area contributed by atoms with Gasteiger partial charge in [-0.15, -0.1) is 0 Å². The van der Waals surface area contributed by atoms with Crippen molar-refractivity contribution in [3.05, 3.63) is 27.8 Å². The number of aliphatic hydroxyl groups excluding tert-OH is 3. The Labute approximate surface area is 244 Å². The lowest BCUT2D eigenvalue weighted by Gasteiger charge is -2.32. The van der Waals surface area contributed by atoms with E-state index in [1.807, 2.05) is 0 Å². The van der Waals surface area contributed by atoms with Crippen LogP contribution in [0.2, 0.25) is 0 Å². The van der Waals surface area contributed by atoms with Crippen LogP contribution in [0, 0.1) is 15.5 Å². The van der Waals surface area contributed by atoms with Gasteiger partial charge in [0.1, 0.15) is 6.61 Å². The van der Waals surface area contributed by atoms with Crippen LogP contribution in [-0.2, 0) is 39.8 Å². The number of methoxy groups -OCH3 is 2. The van der Waals surface area contributed by atoms with Gasteiger partial charge in [0.25, 0.3) is 5.69 Å². The molecule has 0 radical (unpaired) electrons. The molecule has 0 saturated carbocycles. The molecule has 242 valence electrons. The SMILES string of the molecule is COC(=O)CNCc1cc(OC)c(OCCOCCOCC(COCCO)(COCCO)COCCO)cc1[N+](=O)[O-]. The Morgan fingerprint density at radius 1 is 0.810 bits per heavy atom. The quantitative estimate of drug-likeness (QED) is 0.0421. The van der Waals surface area contributed by atoms with Crippen molar-refractivity contribution in [3.63, 3.8) is 0 Å². The lowest BCUT2D eigenvalue weighted by Crippen LogP contribution is -2.42. The van der Waals surface area contributed by atoms with E-state index in [4.69, 9.17) is 48.5 Å². The second-order valence-corrected chi connectivity index (χ2v) is 8.91. The average Bonchev–Trinajstić information content (AvgIpc) is 2.98. The van der Waals surface area contributed by atoms with Gasteiger partial charge in [-0.2, -0.15) is 0 Å². The summed E-state index contributed by atoms with van der Waals surface area (Å²) in [5, 5.41) is 41.5. The van der Waals surface area contributed by atoms with Gasteiger partial charge in [-0.3, -0.25) is 14.9 Å². The first kappa shape index (κ1) is 37.4. The van der Waals surface area contributed by atoms with Crippen LogP contribution in [0.15, 0.2) is 12.1 Å². The molecule has 0 aromatic heterocycles. The minimum atomic E-state index is -0.741. The number of nitrogens with zero attached hydrogens (tertiary/aromatic N) is 1. The molecule has 0 aliphatic heterocycles. The van der Waals surface area contributed by atoms with Crippen molar-refractivity contribution < 1.29 is 62.9 Å². The fourth-order valence-corrected chi connectivity index (χ4v) is 3.58. The fraction of sp³-hybridized carbons (Fsp3) is 0.731. The Morgan fingerprint density at radius 2 is 1.33 bits per heavy atom. The van der Waals surface area contributed by atoms with Crippen LogP contribution in [0.4, 0.5) is 5.69 Å². The Bertz CT molecular complexity index is 862. The van der Waals surface area contributed by atoms with Crippen molar-refractivity contribution in [3.8, 4) is 11.5 Å². The maximum absolute atomic E-state index is 11.6. The van der Waals surface area contributed by atoms with E-state index in [0.717, 1.165) is 0 Å². The monoisotopic (exact) mass is 608 g/mol. The fourth-order valence-electron chi connectivity index (χ4n) is 3.58. The average molecular weight is 609 g/mol. The normalized spacial score (nSPS) is 11.5. The molecule has 0 bridgehead atoms. The minimum absolute atomic E-state index is 0.0428. The van der Waals surface area contributed by atoms with Crippen molar-refractivity contribution in [2.24, 2.45) is 5.41 Å². The molecule has 16 heteroatoms. The predicted octanol–water partition coefficient (Wildman–Crippen LogP) is -0.709. The first-order chi connectivity index (χ1) is 20.4. The summed E-state index contributed by atoms with van der Waals surface area (Å²) in [7, 11) is 2.66. The number of ether oxygens (including phenoxy) is 8. The van der Waals surface area contributed by atoms with Gasteiger partial charge in [-0.05, 0) is 6.07 Å². The lowest BCUT2D eigenvalue weighted by atomic mass is 9.92. The molecule has 1 aromatic carbocycles. The second kappa shape index (κ2) is 22.9. The lowest BCUT2D eigenvalue weighted by molar-refractivity contribution is -0.385. The number of hydrogen-bond acceptors (Lipinski definition) is 15. The Hall–Kier alpha value is -2.67. The molecule has 1 rings (SSSR count). The number of nitrogens with one attached hydrogen (secondary N) is 1. The third kappa shape index (κ3) is 15.0. The van der Waals surface area contributed by atoms with E-state index in [2.05, 4.69) is 10.1 Å². The summed E-state index contributed by atoms with van der Waals surface area (Å²) < 4.78 is 43.4. The molecular weight excluding hydrogens is 564 g/mol. The Morgan fingerprint density at radius 3 is 1.83 bits per heavy atom. The predicted molar refractivity (Wildman–Crippen MR) is 147 cm³/mol. The number of rotatable bonds is 27. The topological polar surface area (TPSA) is 207 Å². The molecule has 4 N–H and O–H groups in total. The first-order valence-electron chi connectivity index (χ1n) is 13.3. The molecule has 0 atom stereocenters. The molecule has 0 unspecified atom stereocenters. The Kier molecular flexibility index (Phi) is 20.3. The number of nitro groups is 1. The van der Waals surface area contributed by atoms with Crippen LogP contribution in [0.3, 0.4) is 0 Å². The van der Waals surface area contributed by atoms with Gasteiger partial charge in [0, 0.05) is 12.1 Å². The minimum Gasteiger partial charge on any atom is -0.493 e. The van der Waals surface area contributed by atoms with Crippen molar-refractivity contribution in [1.29, 1.82) is 0 Å². The van der Waals surface area contributed by atoms with E-state index in [-0.39, 0.29) is 123 Å². The molecule has 0 fully saturated rings. The summed E-state index contributed by atoms with van der Waals surface area (Å²) in [6.45, 7) is 1.14. The van der Waals surface area contributed by atoms with Gasteiger partial charge in [0.2, 0.25) is 0 Å². The zero-order chi connectivity index (χ0) is 31.1. The smallest absolute Gasteiger partial charge is 0.319 e. The van der Waals surface area contributed by atoms with Gasteiger partial charge in [0.05, 0.1) is 123 Å². The second-order valence-electron chi connectivity index (χ2n) is 8.91. The number of esters is 1. The standard InChI is InChI=1S/C26H44N2O14/c1-35-23-13-21(15-27-16-25(32)36-2)22(28(33)34)14-24(23)42-12-11-37-9-10-41-20-26(17-38-6-3-29,18-39-7-4-30)19-40-8-5-31/h13-14,27,29-31H,3-12,15-20H2,1-2H3. The van der Waals surface area contributed by atoms with Crippen molar-refractivity contribution in [1.82, 2.24) is 5.32 Å². The van der Waals surface area contributed by atoms with Crippen LogP contribution >= 0.6 is 0 Å². The van der Waals surface area contributed by atoms with E-state index in [1.54, 1.807) is 0 Å². The molecule has 0 aliphatic carbocycles. The molecule has 0 saturated heterocycles. The molecule has 0 heterocycles. The van der Waals surface area contributed by atoms with Crippen LogP contribution in [0.25, 0.3) is 0 Å². The molecule has 0 aliphatic rings. The van der Waals surface area contributed by atoms with Crippen LogP contribution < -0.4 is 14.8 Å². The largest absolute Gasteiger partial charge is 0.493 e. The van der Waals surface area contributed by atoms with Crippen LogP contribution in [-0.4, -0.2) is 139 Å². The van der Waals surface area contributed by atoms with Crippen LogP contribution in [0.5, 0.6) is 11.5 Å². The summed E-state index contributed by atoms with van der Waals surface area (Å²) in [4.78, 5) is 22.3. The highest BCUT2D eigenvalue weighted by Crippen LogP contribution is 2.34. The molecular formula is C26H44N2O14. The van der Waals surface area contributed by atoms with Crippen LogP contribution in [0.1, 0.15) is 5.56 Å². The summed E-state index contributed by atoms with van der Waals surface area (Å²) in [6, 6.07) is 2.73. The number of benzene rings is 1. The Balaban J connectivity index is 2.60. The molecule has 0 spiro atoms. The maximum atomic E-state index is 11.6. The molecule has 16 nitrogen and oxygen atoms in total. The molecule has 42 heavy (non-hydrogen) atoms. The summed E-state index contributed by atoms with van der Waals surface area (Å²) in [5.74, 6) is -0.0509. The first-order valence-corrected chi connectivity index (χ1v) is 13.3. The third-order valence-electron chi connectivity index (χ3n) is 5.57. The highest BCUT2D eigenvalue weighted by Gasteiger charge is 2.32. The van der Waals surface area contributed by atoms with Crippen molar-refractivity contribution in [2.75, 3.05) is 113 Å². The van der Waals surface area contributed by atoms with Crippen molar-refractivity contribution >= 4 is 11.7 Å². The van der Waals surface area contributed by atoms with E-state index in [1.165, 1.54) is 26.4 Å². The molecule has 0 amide bonds. The number of carbonyl (C=O) groups excluding carboxylic acids is 1. The van der Waals surface area contributed by atoms with Gasteiger partial charge >= 0.3 is 5.97 Å². The maximum Gasteiger partial charge on any atom is 0.319 e. The third-order valence-corrected chi connectivity index (χ3v) is 5.57. The zero-order valence-corrected chi connectivity index (χ0v) is 24.2.